The lowest BCUT2D eigenvalue weighted by atomic mass is 10.3. The molecule has 0 aliphatic carbocycles. The second-order valence-corrected chi connectivity index (χ2v) is 9.34. The number of benzene rings is 2. The van der Waals surface area contributed by atoms with Crippen LogP contribution in [0.25, 0.3) is 16.7 Å². The molecule has 0 amide bonds. The minimum Gasteiger partial charge on any atom is -0.506 e. The smallest absolute Gasteiger partial charge is 0.150 e. The molecule has 3 aromatic rings. The number of rotatable bonds is 9. The average molecular weight is 418 g/mol. The molecule has 1 N–H and O–H groups in total. The Balaban J connectivity index is 0.000000213. The first-order valence-electron chi connectivity index (χ1n) is 10.3. The first kappa shape index (κ1) is 22.9. The van der Waals surface area contributed by atoms with Crippen molar-refractivity contribution < 1.29 is 13.5 Å². The maximum absolute atomic E-state index is 11.4. The van der Waals surface area contributed by atoms with E-state index in [-0.39, 0.29) is 5.75 Å². The van der Waals surface area contributed by atoms with E-state index in [1.165, 1.54) is 4.80 Å². The Morgan fingerprint density at radius 2 is 1.28 bits per heavy atom. The molecule has 1 heterocycles. The maximum Gasteiger partial charge on any atom is 0.150 e. The molecule has 29 heavy (non-hydrogen) atoms. The molecule has 2 aromatic carbocycles. The molecule has 6 nitrogen and oxygen atoms in total. The third-order valence-electron chi connectivity index (χ3n) is 4.50. The van der Waals surface area contributed by atoms with E-state index in [0.29, 0.717) is 17.2 Å². The molecular formula is C22H31N3O3S. The monoisotopic (exact) mass is 417 g/mol. The van der Waals surface area contributed by atoms with Gasteiger partial charge >= 0.3 is 0 Å². The van der Waals surface area contributed by atoms with Crippen LogP contribution in [-0.4, -0.2) is 40.0 Å². The molecular weight excluding hydrogens is 386 g/mol. The minimum absolute atomic E-state index is 0.169. The van der Waals surface area contributed by atoms with E-state index in [0.717, 1.165) is 49.6 Å². The Kier molecular flexibility index (Phi) is 9.12. The number of phenolic OH excluding ortho intramolecular Hbond substituents is 1. The Morgan fingerprint density at radius 3 is 1.76 bits per heavy atom. The minimum atomic E-state index is -2.73. The van der Waals surface area contributed by atoms with Crippen LogP contribution in [0.5, 0.6) is 5.75 Å². The lowest BCUT2D eigenvalue weighted by molar-refractivity contribution is 0.468. The molecule has 0 saturated heterocycles. The van der Waals surface area contributed by atoms with E-state index in [1.54, 1.807) is 18.2 Å². The van der Waals surface area contributed by atoms with Crippen LogP contribution < -0.4 is 0 Å². The number of hydrogen-bond donors (Lipinski definition) is 1. The third-order valence-corrected chi connectivity index (χ3v) is 6.32. The Morgan fingerprint density at radius 1 is 0.793 bits per heavy atom. The van der Waals surface area contributed by atoms with Gasteiger partial charge in [0.2, 0.25) is 0 Å². The predicted molar refractivity (Wildman–Crippen MR) is 118 cm³/mol. The number of para-hydroxylation sites is 2. The summed E-state index contributed by atoms with van der Waals surface area (Å²) in [6.45, 7) is 4.17. The van der Waals surface area contributed by atoms with Gasteiger partial charge in [-0.2, -0.15) is 0 Å². The van der Waals surface area contributed by atoms with Crippen molar-refractivity contribution in [2.24, 2.45) is 0 Å². The topological polar surface area (TPSA) is 85.1 Å². The zero-order valence-electron chi connectivity index (χ0n) is 17.3. The summed E-state index contributed by atoms with van der Waals surface area (Å²) < 4.78 is 22.8. The van der Waals surface area contributed by atoms with Gasteiger partial charge in [0.25, 0.3) is 0 Å². The number of aromatic nitrogens is 3. The summed E-state index contributed by atoms with van der Waals surface area (Å²) in [5.41, 5.74) is 2.20. The van der Waals surface area contributed by atoms with Crippen molar-refractivity contribution in [2.75, 3.05) is 11.5 Å². The predicted octanol–water partition coefficient (Wildman–Crippen LogP) is 4.91. The van der Waals surface area contributed by atoms with E-state index in [2.05, 4.69) is 24.0 Å². The summed E-state index contributed by atoms with van der Waals surface area (Å²) >= 11 is 0. The second-order valence-electron chi connectivity index (χ2n) is 7.03. The van der Waals surface area contributed by atoms with E-state index >= 15 is 0 Å². The van der Waals surface area contributed by atoms with Crippen LogP contribution in [0.4, 0.5) is 0 Å². The van der Waals surface area contributed by atoms with Gasteiger partial charge < -0.3 is 5.11 Å². The third kappa shape index (κ3) is 7.49. The van der Waals surface area contributed by atoms with E-state index in [1.807, 2.05) is 30.3 Å². The Hall–Kier alpha value is -2.41. The molecule has 0 atom stereocenters. The molecule has 0 aliphatic heterocycles. The van der Waals surface area contributed by atoms with Crippen LogP contribution in [0.1, 0.15) is 52.4 Å². The Bertz CT molecular complexity index is 935. The molecule has 0 unspecified atom stereocenters. The number of unbranched alkanes of at least 4 members (excludes halogenated alkanes) is 4. The summed E-state index contributed by atoms with van der Waals surface area (Å²) in [5.74, 6) is 0.956. The van der Waals surface area contributed by atoms with Crippen LogP contribution in [0.3, 0.4) is 0 Å². The van der Waals surface area contributed by atoms with Crippen molar-refractivity contribution in [1.82, 2.24) is 15.0 Å². The van der Waals surface area contributed by atoms with Crippen molar-refractivity contribution in [3.8, 4) is 11.4 Å². The first-order valence-corrected chi connectivity index (χ1v) is 12.1. The van der Waals surface area contributed by atoms with Gasteiger partial charge in [-0.05, 0) is 37.1 Å². The lowest BCUT2D eigenvalue weighted by Gasteiger charge is -2.02. The summed E-state index contributed by atoms with van der Waals surface area (Å²) in [5, 5.41) is 18.3. The van der Waals surface area contributed by atoms with E-state index in [4.69, 9.17) is 0 Å². The molecule has 7 heteroatoms. The number of nitrogens with zero attached hydrogens (tertiary/aromatic N) is 3. The highest BCUT2D eigenvalue weighted by atomic mass is 32.2. The molecule has 0 bridgehead atoms. The van der Waals surface area contributed by atoms with Crippen LogP contribution in [-0.2, 0) is 9.84 Å². The number of aromatic hydroxyl groups is 1. The van der Waals surface area contributed by atoms with Crippen LogP contribution in [0.2, 0.25) is 0 Å². The van der Waals surface area contributed by atoms with Crippen molar-refractivity contribution >= 4 is 20.9 Å². The summed E-state index contributed by atoms with van der Waals surface area (Å²) in [4.78, 5) is 1.44. The summed E-state index contributed by atoms with van der Waals surface area (Å²) in [7, 11) is -2.73. The number of fused-ring (bicyclic) bond motifs is 1. The molecule has 3 rings (SSSR count). The Labute approximate surface area is 173 Å². The maximum atomic E-state index is 11.4. The van der Waals surface area contributed by atoms with Gasteiger partial charge in [-0.15, -0.1) is 15.0 Å². The second kappa shape index (κ2) is 11.6. The molecule has 0 saturated carbocycles. The van der Waals surface area contributed by atoms with Crippen molar-refractivity contribution in [3.63, 3.8) is 0 Å². The average Bonchev–Trinajstić information content (AvgIpc) is 3.13. The molecule has 1 aromatic heterocycles. The fraction of sp³-hybridized carbons (Fsp3) is 0.455. The van der Waals surface area contributed by atoms with Crippen LogP contribution >= 0.6 is 0 Å². The fourth-order valence-corrected chi connectivity index (χ4v) is 4.34. The van der Waals surface area contributed by atoms with Crippen molar-refractivity contribution in [1.29, 1.82) is 0 Å². The fourth-order valence-electron chi connectivity index (χ4n) is 2.85. The quantitative estimate of drug-likeness (QED) is 0.500. The highest BCUT2D eigenvalue weighted by molar-refractivity contribution is 7.91. The largest absolute Gasteiger partial charge is 0.506 e. The first-order chi connectivity index (χ1) is 14.0. The van der Waals surface area contributed by atoms with Crippen LogP contribution in [0.15, 0.2) is 48.5 Å². The number of phenols is 1. The highest BCUT2D eigenvalue weighted by Crippen LogP contribution is 2.20. The van der Waals surface area contributed by atoms with Gasteiger partial charge in [0.15, 0.2) is 0 Å². The normalized spacial score (nSPS) is 11.2. The molecule has 0 radical (unpaired) electrons. The standard InChI is InChI=1S/C12H9N3O.C10H22O2S/c16-12-8-4-3-7-11(12)15-13-9-5-1-2-6-10(9)14-15;1-3-5-7-9-13(11,12)10-8-6-4-2/h1-8,16H;3-10H2,1-2H3. The van der Waals surface area contributed by atoms with E-state index < -0.39 is 9.84 Å². The van der Waals surface area contributed by atoms with Crippen molar-refractivity contribution in [2.45, 2.75) is 52.4 Å². The van der Waals surface area contributed by atoms with Gasteiger partial charge in [0.05, 0.1) is 11.5 Å². The highest BCUT2D eigenvalue weighted by Gasteiger charge is 2.09. The zero-order valence-corrected chi connectivity index (χ0v) is 18.1. The van der Waals surface area contributed by atoms with Gasteiger partial charge in [-0.1, -0.05) is 63.8 Å². The number of hydrogen-bond acceptors (Lipinski definition) is 5. The van der Waals surface area contributed by atoms with Gasteiger partial charge in [0, 0.05) is 0 Å². The molecule has 0 aliphatic rings. The van der Waals surface area contributed by atoms with Gasteiger partial charge in [0.1, 0.15) is 32.3 Å². The lowest BCUT2D eigenvalue weighted by Crippen LogP contribution is -2.10. The zero-order chi connectivity index (χ0) is 21.1. The molecule has 158 valence electrons. The number of sulfone groups is 1. The van der Waals surface area contributed by atoms with Crippen LogP contribution in [0, 0.1) is 0 Å². The van der Waals surface area contributed by atoms with E-state index in [9.17, 15) is 13.5 Å². The summed E-state index contributed by atoms with van der Waals surface area (Å²) in [6.07, 6.45) is 5.92. The molecule has 0 spiro atoms. The van der Waals surface area contributed by atoms with Crippen molar-refractivity contribution in [3.05, 3.63) is 48.5 Å². The van der Waals surface area contributed by atoms with Gasteiger partial charge in [-0.3, -0.25) is 0 Å². The summed E-state index contributed by atoms with van der Waals surface area (Å²) in [6, 6.07) is 14.6. The van der Waals surface area contributed by atoms with Gasteiger partial charge in [-0.25, -0.2) is 8.42 Å². The molecule has 0 fully saturated rings. The SMILES string of the molecule is CCCCCS(=O)(=O)CCCCC.Oc1ccccc1-n1nc2ccccc2n1.